The Morgan fingerprint density at radius 2 is 2.27 bits per heavy atom. The van der Waals surface area contributed by atoms with E-state index in [1.165, 1.54) is 11.1 Å². The van der Waals surface area contributed by atoms with Crippen molar-refractivity contribution in [1.82, 2.24) is 0 Å². The van der Waals surface area contributed by atoms with Gasteiger partial charge in [-0.3, -0.25) is 0 Å². The van der Waals surface area contributed by atoms with Crippen LogP contribution in [0.1, 0.15) is 23.6 Å². The van der Waals surface area contributed by atoms with Crippen LogP contribution in [0.4, 0.5) is 0 Å². The van der Waals surface area contributed by atoms with Crippen LogP contribution < -0.4 is 5.73 Å². The SMILES string of the molecule is Cc1cc(Br)cc(C(N)C2CCOC2)c1. The van der Waals surface area contributed by atoms with Crippen molar-refractivity contribution in [2.24, 2.45) is 11.7 Å². The number of halogens is 1. The number of nitrogens with two attached hydrogens (primary N) is 1. The normalized spacial score (nSPS) is 23.0. The molecule has 1 fully saturated rings. The molecule has 1 aromatic rings. The molecule has 1 aliphatic heterocycles. The summed E-state index contributed by atoms with van der Waals surface area (Å²) in [5.41, 5.74) is 8.69. The molecule has 82 valence electrons. The van der Waals surface area contributed by atoms with E-state index in [0.717, 1.165) is 24.1 Å². The predicted molar refractivity (Wildman–Crippen MR) is 64.7 cm³/mol. The molecule has 0 radical (unpaired) electrons. The Bertz CT molecular complexity index is 327. The highest BCUT2D eigenvalue weighted by atomic mass is 79.9. The molecule has 2 rings (SSSR count). The Labute approximate surface area is 98.9 Å². The lowest BCUT2D eigenvalue weighted by molar-refractivity contribution is 0.181. The third-order valence-electron chi connectivity index (χ3n) is 2.92. The summed E-state index contributed by atoms with van der Waals surface area (Å²) in [6.45, 7) is 3.74. The molecule has 0 amide bonds. The van der Waals surface area contributed by atoms with Crippen LogP contribution in [0, 0.1) is 12.8 Å². The predicted octanol–water partition coefficient (Wildman–Crippen LogP) is 2.79. The first-order valence-corrected chi connectivity index (χ1v) is 6.06. The van der Waals surface area contributed by atoms with Gasteiger partial charge in [0.25, 0.3) is 0 Å². The second-order valence-electron chi connectivity index (χ2n) is 4.21. The van der Waals surface area contributed by atoms with Gasteiger partial charge < -0.3 is 10.5 Å². The Morgan fingerprint density at radius 1 is 1.47 bits per heavy atom. The van der Waals surface area contributed by atoms with Crippen LogP contribution in [-0.4, -0.2) is 13.2 Å². The minimum absolute atomic E-state index is 0.101. The molecule has 1 saturated heterocycles. The van der Waals surface area contributed by atoms with E-state index in [9.17, 15) is 0 Å². The van der Waals surface area contributed by atoms with Crippen molar-refractivity contribution in [2.75, 3.05) is 13.2 Å². The second kappa shape index (κ2) is 4.64. The Balaban J connectivity index is 2.20. The van der Waals surface area contributed by atoms with Gasteiger partial charge in [0, 0.05) is 23.0 Å². The molecule has 2 unspecified atom stereocenters. The molecule has 15 heavy (non-hydrogen) atoms. The maximum atomic E-state index is 6.24. The van der Waals surface area contributed by atoms with Gasteiger partial charge in [-0.1, -0.05) is 22.0 Å². The lowest BCUT2D eigenvalue weighted by atomic mass is 9.92. The van der Waals surface area contributed by atoms with E-state index in [1.54, 1.807) is 0 Å². The monoisotopic (exact) mass is 269 g/mol. The summed E-state index contributed by atoms with van der Waals surface area (Å²) in [4.78, 5) is 0. The van der Waals surface area contributed by atoms with Crippen LogP contribution >= 0.6 is 15.9 Å². The van der Waals surface area contributed by atoms with Crippen LogP contribution in [0.5, 0.6) is 0 Å². The highest BCUT2D eigenvalue weighted by molar-refractivity contribution is 9.10. The number of rotatable bonds is 2. The van der Waals surface area contributed by atoms with E-state index < -0.39 is 0 Å². The smallest absolute Gasteiger partial charge is 0.0513 e. The van der Waals surface area contributed by atoms with Gasteiger partial charge in [0.2, 0.25) is 0 Å². The zero-order valence-corrected chi connectivity index (χ0v) is 10.5. The van der Waals surface area contributed by atoms with Crippen molar-refractivity contribution >= 4 is 15.9 Å². The molecule has 0 aromatic heterocycles. The summed E-state index contributed by atoms with van der Waals surface area (Å²) in [5.74, 6) is 0.471. The fraction of sp³-hybridized carbons (Fsp3) is 0.500. The first-order chi connectivity index (χ1) is 7.16. The molecule has 2 nitrogen and oxygen atoms in total. The first-order valence-electron chi connectivity index (χ1n) is 5.27. The summed E-state index contributed by atoms with van der Waals surface area (Å²) in [7, 11) is 0. The summed E-state index contributed by atoms with van der Waals surface area (Å²) >= 11 is 3.50. The van der Waals surface area contributed by atoms with Crippen LogP contribution in [0.15, 0.2) is 22.7 Å². The topological polar surface area (TPSA) is 35.2 Å². The number of hydrogen-bond donors (Lipinski definition) is 1. The maximum absolute atomic E-state index is 6.24. The second-order valence-corrected chi connectivity index (χ2v) is 5.13. The third kappa shape index (κ3) is 2.60. The lowest BCUT2D eigenvalue weighted by Gasteiger charge is -2.18. The van der Waals surface area contributed by atoms with Gasteiger partial charge in [-0.25, -0.2) is 0 Å². The molecule has 2 atom stereocenters. The zero-order chi connectivity index (χ0) is 10.8. The Hall–Kier alpha value is -0.380. The van der Waals surface area contributed by atoms with Crippen molar-refractivity contribution in [2.45, 2.75) is 19.4 Å². The third-order valence-corrected chi connectivity index (χ3v) is 3.38. The number of benzene rings is 1. The molecule has 2 N–H and O–H groups in total. The number of hydrogen-bond acceptors (Lipinski definition) is 2. The Morgan fingerprint density at radius 3 is 2.87 bits per heavy atom. The molecule has 3 heteroatoms. The maximum Gasteiger partial charge on any atom is 0.0513 e. The molecule has 1 heterocycles. The van der Waals surface area contributed by atoms with Crippen LogP contribution in [0.3, 0.4) is 0 Å². The van der Waals surface area contributed by atoms with Gasteiger partial charge in [-0.15, -0.1) is 0 Å². The fourth-order valence-electron chi connectivity index (χ4n) is 2.07. The van der Waals surface area contributed by atoms with E-state index in [0.29, 0.717) is 5.92 Å². The number of ether oxygens (including phenoxy) is 1. The van der Waals surface area contributed by atoms with Crippen LogP contribution in [-0.2, 0) is 4.74 Å². The molecular formula is C12H16BrNO. The lowest BCUT2D eigenvalue weighted by Crippen LogP contribution is -2.21. The van der Waals surface area contributed by atoms with Gasteiger partial charge >= 0.3 is 0 Å². The van der Waals surface area contributed by atoms with Crippen LogP contribution in [0.2, 0.25) is 0 Å². The molecule has 0 spiro atoms. The average Bonchev–Trinajstić information content (AvgIpc) is 2.67. The van der Waals surface area contributed by atoms with Crippen molar-refractivity contribution < 1.29 is 4.74 Å². The minimum atomic E-state index is 0.101. The average molecular weight is 270 g/mol. The van der Waals surface area contributed by atoms with E-state index in [4.69, 9.17) is 10.5 Å². The van der Waals surface area contributed by atoms with Crippen molar-refractivity contribution in [3.8, 4) is 0 Å². The van der Waals surface area contributed by atoms with Gasteiger partial charge in [0.05, 0.1) is 6.61 Å². The van der Waals surface area contributed by atoms with E-state index in [1.807, 2.05) is 0 Å². The summed E-state index contributed by atoms with van der Waals surface area (Å²) in [6.07, 6.45) is 1.08. The van der Waals surface area contributed by atoms with E-state index in [-0.39, 0.29) is 6.04 Å². The highest BCUT2D eigenvalue weighted by Crippen LogP contribution is 2.28. The molecule has 1 aliphatic rings. The summed E-state index contributed by atoms with van der Waals surface area (Å²) < 4.78 is 6.47. The van der Waals surface area contributed by atoms with Crippen molar-refractivity contribution in [1.29, 1.82) is 0 Å². The molecule has 1 aromatic carbocycles. The van der Waals surface area contributed by atoms with Crippen molar-refractivity contribution in [3.05, 3.63) is 33.8 Å². The summed E-state index contributed by atoms with van der Waals surface area (Å²) in [5, 5.41) is 0. The van der Waals surface area contributed by atoms with Crippen LogP contribution in [0.25, 0.3) is 0 Å². The van der Waals surface area contributed by atoms with E-state index >= 15 is 0 Å². The molecule has 0 aliphatic carbocycles. The standard InChI is InChI=1S/C12H16BrNO/c1-8-4-10(6-11(13)5-8)12(14)9-2-3-15-7-9/h4-6,9,12H,2-3,7,14H2,1H3. The van der Waals surface area contributed by atoms with Gasteiger partial charge in [-0.05, 0) is 36.6 Å². The van der Waals surface area contributed by atoms with E-state index in [2.05, 4.69) is 41.1 Å². The highest BCUT2D eigenvalue weighted by Gasteiger charge is 2.24. The number of aryl methyl sites for hydroxylation is 1. The Kier molecular flexibility index (Phi) is 3.44. The molecule has 0 saturated carbocycles. The summed E-state index contributed by atoms with van der Waals surface area (Å²) in [6, 6.07) is 6.47. The van der Waals surface area contributed by atoms with Crippen molar-refractivity contribution in [3.63, 3.8) is 0 Å². The van der Waals surface area contributed by atoms with Gasteiger partial charge in [0.1, 0.15) is 0 Å². The molecule has 0 bridgehead atoms. The minimum Gasteiger partial charge on any atom is -0.381 e. The zero-order valence-electron chi connectivity index (χ0n) is 8.87. The van der Waals surface area contributed by atoms with Gasteiger partial charge in [0.15, 0.2) is 0 Å². The fourth-order valence-corrected chi connectivity index (χ4v) is 2.69. The first kappa shape index (κ1) is 11.1. The molecular weight excluding hydrogens is 254 g/mol. The quantitative estimate of drug-likeness (QED) is 0.896. The largest absolute Gasteiger partial charge is 0.381 e. The van der Waals surface area contributed by atoms with Gasteiger partial charge in [-0.2, -0.15) is 0 Å².